The SMILES string of the molecule is Cn1ccn(CCCC2CCCN2)c(=O)c1=O. The maximum Gasteiger partial charge on any atom is 0.316 e. The monoisotopic (exact) mass is 237 g/mol. The van der Waals surface area contributed by atoms with Gasteiger partial charge in [0.25, 0.3) is 0 Å². The molecule has 0 aromatic carbocycles. The molecule has 1 aromatic heterocycles. The third-order valence-electron chi connectivity index (χ3n) is 3.35. The van der Waals surface area contributed by atoms with Crippen LogP contribution in [0.25, 0.3) is 0 Å². The van der Waals surface area contributed by atoms with E-state index in [0.29, 0.717) is 12.6 Å². The molecule has 0 amide bonds. The molecule has 1 aliphatic rings. The van der Waals surface area contributed by atoms with Crippen LogP contribution in [0.5, 0.6) is 0 Å². The molecule has 94 valence electrons. The Bertz CT molecular complexity index is 483. The fourth-order valence-corrected chi connectivity index (χ4v) is 2.28. The minimum absolute atomic E-state index is 0.422. The van der Waals surface area contributed by atoms with Gasteiger partial charge >= 0.3 is 11.1 Å². The summed E-state index contributed by atoms with van der Waals surface area (Å²) in [7, 11) is 1.59. The van der Waals surface area contributed by atoms with Crippen molar-refractivity contribution in [2.45, 2.75) is 38.3 Å². The quantitative estimate of drug-likeness (QED) is 0.754. The first-order valence-corrected chi connectivity index (χ1v) is 6.18. The van der Waals surface area contributed by atoms with Crippen molar-refractivity contribution >= 4 is 0 Å². The third kappa shape index (κ3) is 2.85. The van der Waals surface area contributed by atoms with Crippen LogP contribution < -0.4 is 16.4 Å². The molecule has 0 aliphatic carbocycles. The van der Waals surface area contributed by atoms with Gasteiger partial charge in [-0.2, -0.15) is 0 Å². The van der Waals surface area contributed by atoms with Crippen molar-refractivity contribution in [2.75, 3.05) is 6.54 Å². The minimum Gasteiger partial charge on any atom is -0.314 e. The van der Waals surface area contributed by atoms with Crippen molar-refractivity contribution < 1.29 is 0 Å². The molecule has 1 atom stereocenters. The summed E-state index contributed by atoms with van der Waals surface area (Å²) in [5, 5.41) is 3.42. The molecular weight excluding hydrogens is 218 g/mol. The van der Waals surface area contributed by atoms with Crippen LogP contribution in [0.15, 0.2) is 22.0 Å². The molecule has 0 spiro atoms. The molecule has 1 unspecified atom stereocenters. The van der Waals surface area contributed by atoms with E-state index in [4.69, 9.17) is 0 Å². The van der Waals surface area contributed by atoms with Crippen molar-refractivity contribution in [1.29, 1.82) is 0 Å². The summed E-state index contributed by atoms with van der Waals surface area (Å²) < 4.78 is 2.83. The number of aryl methyl sites for hydroxylation is 2. The van der Waals surface area contributed by atoms with Crippen molar-refractivity contribution in [3.05, 3.63) is 33.1 Å². The van der Waals surface area contributed by atoms with Gasteiger partial charge in [-0.3, -0.25) is 9.59 Å². The van der Waals surface area contributed by atoms with Gasteiger partial charge in [0.2, 0.25) is 0 Å². The van der Waals surface area contributed by atoms with Crippen LogP contribution in [0.1, 0.15) is 25.7 Å². The second-order valence-electron chi connectivity index (χ2n) is 4.65. The lowest BCUT2D eigenvalue weighted by Crippen LogP contribution is -2.39. The van der Waals surface area contributed by atoms with Gasteiger partial charge in [-0.15, -0.1) is 0 Å². The lowest BCUT2D eigenvalue weighted by molar-refractivity contribution is 0.493. The molecule has 5 heteroatoms. The average Bonchev–Trinajstić information content (AvgIpc) is 2.82. The van der Waals surface area contributed by atoms with Crippen LogP contribution in [-0.2, 0) is 13.6 Å². The third-order valence-corrected chi connectivity index (χ3v) is 3.35. The van der Waals surface area contributed by atoms with Crippen molar-refractivity contribution in [3.63, 3.8) is 0 Å². The van der Waals surface area contributed by atoms with Crippen LogP contribution in [0.2, 0.25) is 0 Å². The number of hydrogen-bond acceptors (Lipinski definition) is 3. The number of hydrogen-bond donors (Lipinski definition) is 1. The second-order valence-corrected chi connectivity index (χ2v) is 4.65. The van der Waals surface area contributed by atoms with E-state index < -0.39 is 11.1 Å². The largest absolute Gasteiger partial charge is 0.316 e. The maximum atomic E-state index is 11.6. The van der Waals surface area contributed by atoms with E-state index in [1.54, 1.807) is 19.4 Å². The summed E-state index contributed by atoms with van der Waals surface area (Å²) in [5.41, 5.74) is -0.874. The Hall–Kier alpha value is -1.36. The first-order valence-electron chi connectivity index (χ1n) is 6.18. The number of aromatic nitrogens is 2. The average molecular weight is 237 g/mol. The van der Waals surface area contributed by atoms with Gasteiger partial charge in [-0.05, 0) is 32.2 Å². The molecule has 1 fully saturated rings. The highest BCUT2D eigenvalue weighted by Crippen LogP contribution is 2.10. The Kier molecular flexibility index (Phi) is 3.78. The zero-order chi connectivity index (χ0) is 12.3. The molecule has 0 bridgehead atoms. The molecule has 2 heterocycles. The van der Waals surface area contributed by atoms with E-state index in [9.17, 15) is 9.59 Å². The summed E-state index contributed by atoms with van der Waals surface area (Å²) in [4.78, 5) is 23.1. The zero-order valence-corrected chi connectivity index (χ0v) is 10.2. The van der Waals surface area contributed by atoms with Crippen molar-refractivity contribution in [2.24, 2.45) is 7.05 Å². The van der Waals surface area contributed by atoms with Crippen molar-refractivity contribution in [3.8, 4) is 0 Å². The van der Waals surface area contributed by atoms with Gasteiger partial charge in [0, 0.05) is 32.0 Å². The van der Waals surface area contributed by atoms with E-state index in [-0.39, 0.29) is 0 Å². The molecule has 1 aromatic rings. The zero-order valence-electron chi connectivity index (χ0n) is 10.2. The molecule has 2 rings (SSSR count). The number of nitrogens with zero attached hydrogens (tertiary/aromatic N) is 2. The van der Waals surface area contributed by atoms with E-state index in [0.717, 1.165) is 19.4 Å². The van der Waals surface area contributed by atoms with Crippen LogP contribution in [0.3, 0.4) is 0 Å². The Morgan fingerprint density at radius 1 is 1.35 bits per heavy atom. The summed E-state index contributed by atoms with van der Waals surface area (Å²) in [6.45, 7) is 1.74. The van der Waals surface area contributed by atoms with E-state index in [1.807, 2.05) is 0 Å². The molecule has 0 saturated carbocycles. The van der Waals surface area contributed by atoms with Crippen LogP contribution >= 0.6 is 0 Å². The smallest absolute Gasteiger partial charge is 0.314 e. The first-order chi connectivity index (χ1) is 8.18. The predicted octanol–water partition coefficient (Wildman–Crippen LogP) is 0.0792. The summed E-state index contributed by atoms with van der Waals surface area (Å²) in [5.74, 6) is 0. The minimum atomic E-state index is -0.452. The predicted molar refractivity (Wildman–Crippen MR) is 66.2 cm³/mol. The molecule has 1 saturated heterocycles. The fourth-order valence-electron chi connectivity index (χ4n) is 2.28. The first kappa shape index (κ1) is 12.1. The Labute approximate surface area is 100 Å². The van der Waals surface area contributed by atoms with Gasteiger partial charge < -0.3 is 14.5 Å². The van der Waals surface area contributed by atoms with E-state index in [2.05, 4.69) is 5.32 Å². The van der Waals surface area contributed by atoms with Crippen LogP contribution in [-0.4, -0.2) is 21.7 Å². The van der Waals surface area contributed by atoms with E-state index >= 15 is 0 Å². The van der Waals surface area contributed by atoms with E-state index in [1.165, 1.54) is 22.0 Å². The maximum absolute atomic E-state index is 11.6. The normalized spacial score (nSPS) is 19.7. The number of rotatable bonds is 4. The standard InChI is InChI=1S/C12H19N3O2/c1-14-8-9-15(12(17)11(14)16)7-3-5-10-4-2-6-13-10/h8-10,13H,2-7H2,1H3. The van der Waals surface area contributed by atoms with Crippen LogP contribution in [0, 0.1) is 0 Å². The molecule has 5 nitrogen and oxygen atoms in total. The van der Waals surface area contributed by atoms with Gasteiger partial charge in [-0.25, -0.2) is 0 Å². The summed E-state index contributed by atoms with van der Waals surface area (Å²) in [6, 6.07) is 0.595. The summed E-state index contributed by atoms with van der Waals surface area (Å²) in [6.07, 6.45) is 7.80. The topological polar surface area (TPSA) is 56.0 Å². The van der Waals surface area contributed by atoms with Crippen molar-refractivity contribution in [1.82, 2.24) is 14.5 Å². The Morgan fingerprint density at radius 2 is 2.18 bits per heavy atom. The highest BCUT2D eigenvalue weighted by atomic mass is 16.2. The van der Waals surface area contributed by atoms with Gasteiger partial charge in [0.1, 0.15) is 0 Å². The Morgan fingerprint density at radius 3 is 2.88 bits per heavy atom. The van der Waals surface area contributed by atoms with Crippen LogP contribution in [0.4, 0.5) is 0 Å². The molecular formula is C12H19N3O2. The molecule has 0 radical (unpaired) electrons. The Balaban J connectivity index is 1.93. The van der Waals surface area contributed by atoms with Gasteiger partial charge in [0.15, 0.2) is 0 Å². The van der Waals surface area contributed by atoms with Gasteiger partial charge in [-0.1, -0.05) is 0 Å². The fraction of sp³-hybridized carbons (Fsp3) is 0.667. The molecule has 17 heavy (non-hydrogen) atoms. The lowest BCUT2D eigenvalue weighted by Gasteiger charge is -2.10. The molecule has 1 N–H and O–H groups in total. The second kappa shape index (κ2) is 5.31. The summed E-state index contributed by atoms with van der Waals surface area (Å²) >= 11 is 0. The highest BCUT2D eigenvalue weighted by molar-refractivity contribution is 4.84. The lowest BCUT2D eigenvalue weighted by atomic mass is 10.1. The highest BCUT2D eigenvalue weighted by Gasteiger charge is 2.13. The molecule has 1 aliphatic heterocycles. The van der Waals surface area contributed by atoms with Gasteiger partial charge in [0.05, 0.1) is 0 Å². The number of nitrogens with one attached hydrogen (secondary N) is 1.